The van der Waals surface area contributed by atoms with Gasteiger partial charge in [-0.25, -0.2) is 9.97 Å². The Morgan fingerprint density at radius 3 is 2.81 bits per heavy atom. The van der Waals surface area contributed by atoms with Gasteiger partial charge in [0.25, 0.3) is 0 Å². The smallest absolute Gasteiger partial charge is 0.237 e. The molecule has 0 unspecified atom stereocenters. The lowest BCUT2D eigenvalue weighted by molar-refractivity contribution is 0.387. The predicted octanol–water partition coefficient (Wildman–Crippen LogP) is 3.05. The molecule has 0 saturated carbocycles. The molecule has 2 heterocycles. The Kier molecular flexibility index (Phi) is 4.01. The Morgan fingerprint density at radius 1 is 1.19 bits per heavy atom. The number of anilines is 1. The lowest BCUT2D eigenvalue weighted by Crippen LogP contribution is -2.02. The highest BCUT2D eigenvalue weighted by atomic mass is 32.2. The fraction of sp³-hybridized carbons (Fsp3) is 0.286. The monoisotopic (exact) mass is 301 g/mol. The molecule has 0 aliphatic heterocycles. The first kappa shape index (κ1) is 13.8. The lowest BCUT2D eigenvalue weighted by Gasteiger charge is -2.08. The summed E-state index contributed by atoms with van der Waals surface area (Å²) in [4.78, 5) is 13.3. The van der Waals surface area contributed by atoms with E-state index >= 15 is 0 Å². The number of hydrogen-bond donors (Lipinski definition) is 1. The maximum atomic E-state index is 5.10. The van der Waals surface area contributed by atoms with E-state index in [-0.39, 0.29) is 0 Å². The van der Waals surface area contributed by atoms with E-state index < -0.39 is 0 Å². The van der Waals surface area contributed by atoms with Crippen LogP contribution in [0.2, 0.25) is 0 Å². The van der Waals surface area contributed by atoms with Crippen LogP contribution in [0, 0.1) is 6.92 Å². The van der Waals surface area contributed by atoms with E-state index in [1.807, 2.05) is 31.2 Å². The summed E-state index contributed by atoms with van der Waals surface area (Å²) in [5, 5.41) is 8.77. The van der Waals surface area contributed by atoms with Crippen LogP contribution < -0.4 is 5.32 Å². The molecule has 0 amide bonds. The van der Waals surface area contributed by atoms with Crippen molar-refractivity contribution in [3.63, 3.8) is 0 Å². The van der Waals surface area contributed by atoms with E-state index in [0.29, 0.717) is 22.6 Å². The van der Waals surface area contributed by atoms with Crippen LogP contribution in [0.1, 0.15) is 18.6 Å². The number of hydrogen-bond acceptors (Lipinski definition) is 7. The van der Waals surface area contributed by atoms with Gasteiger partial charge in [-0.2, -0.15) is 4.98 Å². The van der Waals surface area contributed by atoms with Crippen molar-refractivity contribution in [1.82, 2.24) is 20.1 Å². The molecule has 0 saturated heterocycles. The molecule has 7 heteroatoms. The third kappa shape index (κ3) is 3.13. The zero-order chi connectivity index (χ0) is 14.7. The zero-order valence-corrected chi connectivity index (χ0v) is 12.6. The molecular formula is C14H15N5OS. The van der Waals surface area contributed by atoms with Crippen LogP contribution in [-0.2, 0) is 5.75 Å². The molecule has 0 bridgehead atoms. The average Bonchev–Trinajstić information content (AvgIpc) is 2.91. The molecule has 0 radical (unpaired) electrons. The second-order valence-corrected chi connectivity index (χ2v) is 5.37. The van der Waals surface area contributed by atoms with Crippen LogP contribution in [-0.4, -0.2) is 26.7 Å². The van der Waals surface area contributed by atoms with Gasteiger partial charge in [0, 0.05) is 11.9 Å². The summed E-state index contributed by atoms with van der Waals surface area (Å²) in [6, 6.07) is 7.96. The molecule has 0 fully saturated rings. The van der Waals surface area contributed by atoms with E-state index in [0.717, 1.165) is 23.3 Å². The summed E-state index contributed by atoms with van der Waals surface area (Å²) in [6.07, 6.45) is 0. The summed E-state index contributed by atoms with van der Waals surface area (Å²) >= 11 is 1.48. The Labute approximate surface area is 126 Å². The van der Waals surface area contributed by atoms with Gasteiger partial charge in [-0.3, -0.25) is 0 Å². The van der Waals surface area contributed by atoms with E-state index in [2.05, 4.69) is 25.4 Å². The van der Waals surface area contributed by atoms with Crippen molar-refractivity contribution in [1.29, 1.82) is 0 Å². The van der Waals surface area contributed by atoms with E-state index in [9.17, 15) is 0 Å². The number of nitrogens with one attached hydrogen (secondary N) is 1. The molecular weight excluding hydrogens is 286 g/mol. The molecule has 3 rings (SSSR count). The van der Waals surface area contributed by atoms with Gasteiger partial charge in [-0.15, -0.1) is 0 Å². The van der Waals surface area contributed by atoms with Gasteiger partial charge in [0.1, 0.15) is 5.82 Å². The first-order valence-corrected chi connectivity index (χ1v) is 7.67. The van der Waals surface area contributed by atoms with Crippen molar-refractivity contribution in [3.8, 4) is 0 Å². The molecule has 0 aliphatic carbocycles. The quantitative estimate of drug-likeness (QED) is 0.573. The summed E-state index contributed by atoms with van der Waals surface area (Å²) in [5.74, 6) is 2.63. The highest BCUT2D eigenvalue weighted by Gasteiger charge is 2.09. The number of aromatic nitrogens is 4. The number of rotatable bonds is 5. The van der Waals surface area contributed by atoms with Gasteiger partial charge in [0.2, 0.25) is 5.89 Å². The maximum absolute atomic E-state index is 5.10. The zero-order valence-electron chi connectivity index (χ0n) is 11.8. The van der Waals surface area contributed by atoms with Crippen molar-refractivity contribution in [3.05, 3.63) is 36.0 Å². The van der Waals surface area contributed by atoms with Crippen molar-refractivity contribution in [2.75, 3.05) is 11.9 Å². The van der Waals surface area contributed by atoms with Crippen LogP contribution in [0.5, 0.6) is 0 Å². The van der Waals surface area contributed by atoms with Crippen LogP contribution in [0.15, 0.2) is 33.9 Å². The first-order chi connectivity index (χ1) is 10.3. The van der Waals surface area contributed by atoms with Crippen LogP contribution in [0.4, 0.5) is 5.82 Å². The molecule has 1 N–H and O–H groups in total. The third-order valence-corrected chi connectivity index (χ3v) is 3.65. The van der Waals surface area contributed by atoms with Crippen LogP contribution in [0.3, 0.4) is 0 Å². The van der Waals surface area contributed by atoms with Crippen molar-refractivity contribution in [2.45, 2.75) is 24.8 Å². The van der Waals surface area contributed by atoms with Crippen LogP contribution in [0.25, 0.3) is 10.9 Å². The molecule has 3 aromatic rings. The summed E-state index contributed by atoms with van der Waals surface area (Å²) in [6.45, 7) is 4.66. The number of fused-ring (bicyclic) bond motifs is 1. The Balaban J connectivity index is 1.87. The molecule has 0 aliphatic rings. The Bertz CT molecular complexity index is 758. The summed E-state index contributed by atoms with van der Waals surface area (Å²) < 4.78 is 5.10. The van der Waals surface area contributed by atoms with Gasteiger partial charge >= 0.3 is 0 Å². The molecule has 0 spiro atoms. The maximum Gasteiger partial charge on any atom is 0.237 e. The second-order valence-electron chi connectivity index (χ2n) is 4.43. The van der Waals surface area contributed by atoms with E-state index in [4.69, 9.17) is 4.52 Å². The molecule has 21 heavy (non-hydrogen) atoms. The topological polar surface area (TPSA) is 76.7 Å². The fourth-order valence-corrected chi connectivity index (χ4v) is 2.64. The second kappa shape index (κ2) is 6.09. The molecule has 108 valence electrons. The third-order valence-electron chi connectivity index (χ3n) is 2.82. The van der Waals surface area contributed by atoms with E-state index in [1.165, 1.54) is 11.8 Å². The van der Waals surface area contributed by atoms with Gasteiger partial charge in [-0.1, -0.05) is 29.1 Å². The van der Waals surface area contributed by atoms with Crippen LogP contribution >= 0.6 is 11.8 Å². The molecule has 1 aromatic carbocycles. The van der Waals surface area contributed by atoms with Gasteiger partial charge in [0.05, 0.1) is 11.3 Å². The first-order valence-electron chi connectivity index (χ1n) is 6.69. The fourth-order valence-electron chi connectivity index (χ4n) is 1.95. The minimum Gasteiger partial charge on any atom is -0.370 e. The highest BCUT2D eigenvalue weighted by molar-refractivity contribution is 7.98. The standard InChI is InChI=1S/C14H15N5OS/c1-3-15-13-10-6-4-5-7-11(10)17-14(18-13)21-8-12-16-9(2)19-20-12/h4-7H,3,8H2,1-2H3,(H,15,17,18). The highest BCUT2D eigenvalue weighted by Crippen LogP contribution is 2.25. The Morgan fingerprint density at radius 2 is 2.05 bits per heavy atom. The SMILES string of the molecule is CCNc1nc(SCc2nc(C)no2)nc2ccccc12. The summed E-state index contributed by atoms with van der Waals surface area (Å²) in [5.41, 5.74) is 0.924. The average molecular weight is 301 g/mol. The minimum atomic E-state index is 0.560. The van der Waals surface area contributed by atoms with Gasteiger partial charge in [-0.05, 0) is 26.0 Å². The minimum absolute atomic E-state index is 0.560. The number of nitrogens with zero attached hydrogens (tertiary/aromatic N) is 4. The largest absolute Gasteiger partial charge is 0.370 e. The number of benzene rings is 1. The van der Waals surface area contributed by atoms with Gasteiger partial charge < -0.3 is 9.84 Å². The number of aryl methyl sites for hydroxylation is 1. The van der Waals surface area contributed by atoms with Crippen molar-refractivity contribution >= 4 is 28.5 Å². The molecule has 0 atom stereocenters. The molecule has 6 nitrogen and oxygen atoms in total. The number of para-hydroxylation sites is 1. The number of thioether (sulfide) groups is 1. The molecule has 2 aromatic heterocycles. The predicted molar refractivity (Wildman–Crippen MR) is 82.3 cm³/mol. The summed E-state index contributed by atoms with van der Waals surface area (Å²) in [7, 11) is 0. The Hall–Kier alpha value is -2.15. The van der Waals surface area contributed by atoms with E-state index in [1.54, 1.807) is 6.92 Å². The van der Waals surface area contributed by atoms with Crippen molar-refractivity contribution in [2.24, 2.45) is 0 Å². The lowest BCUT2D eigenvalue weighted by atomic mass is 10.2. The van der Waals surface area contributed by atoms with Crippen molar-refractivity contribution < 1.29 is 4.52 Å². The van der Waals surface area contributed by atoms with Gasteiger partial charge in [0.15, 0.2) is 11.0 Å². The normalized spacial score (nSPS) is 11.0.